The number of nitrogens with one attached hydrogen (secondary N) is 1. The maximum atomic E-state index is 12.1. The number of hydrogen-bond acceptors (Lipinski definition) is 3. The van der Waals surface area contributed by atoms with E-state index in [9.17, 15) is 14.7 Å². The minimum atomic E-state index is -1.08. The number of amides is 2. The van der Waals surface area contributed by atoms with Gasteiger partial charge in [-0.15, -0.1) is 0 Å². The van der Waals surface area contributed by atoms with Crippen molar-refractivity contribution >= 4 is 40.3 Å². The van der Waals surface area contributed by atoms with Crippen molar-refractivity contribution in [1.82, 2.24) is 4.90 Å². The van der Waals surface area contributed by atoms with Gasteiger partial charge in [0.25, 0.3) is 0 Å². The van der Waals surface area contributed by atoms with E-state index < -0.39 is 5.97 Å². The number of aromatic carboxylic acids is 1. The molecule has 1 aromatic rings. The van der Waals surface area contributed by atoms with Crippen molar-refractivity contribution in [2.24, 2.45) is 5.92 Å². The van der Waals surface area contributed by atoms with Crippen LogP contribution < -0.4 is 5.32 Å². The molecule has 1 fully saturated rings. The number of benzene rings is 1. The number of nitrogens with zero attached hydrogens (tertiary/aromatic N) is 1. The highest BCUT2D eigenvalue weighted by Crippen LogP contribution is 2.28. The molecule has 6 nitrogen and oxygen atoms in total. The number of anilines is 1. The molecule has 114 valence electrons. The van der Waals surface area contributed by atoms with Crippen LogP contribution in [0.2, 0.25) is 0 Å². The number of aliphatic hydroxyl groups is 1. The molecular formula is C14H17IN2O4. The Morgan fingerprint density at radius 1 is 1.43 bits per heavy atom. The Morgan fingerprint density at radius 3 is 2.67 bits per heavy atom. The zero-order valence-electron chi connectivity index (χ0n) is 11.5. The van der Waals surface area contributed by atoms with E-state index >= 15 is 0 Å². The molecule has 3 N–H and O–H groups in total. The van der Waals surface area contributed by atoms with Crippen LogP contribution in [-0.4, -0.2) is 46.8 Å². The van der Waals surface area contributed by atoms with Crippen LogP contribution in [-0.2, 0) is 0 Å². The third-order valence-corrected chi connectivity index (χ3v) is 4.21. The Balaban J connectivity index is 2.00. The molecular weight excluding hydrogens is 387 g/mol. The normalized spacial score (nSPS) is 20.5. The summed E-state index contributed by atoms with van der Waals surface area (Å²) < 4.78 is 0.791. The molecule has 1 aliphatic rings. The van der Waals surface area contributed by atoms with Gasteiger partial charge in [-0.2, -0.15) is 0 Å². The zero-order valence-corrected chi connectivity index (χ0v) is 13.7. The highest BCUT2D eigenvalue weighted by molar-refractivity contribution is 14.1. The van der Waals surface area contributed by atoms with Gasteiger partial charge in [-0.25, -0.2) is 9.59 Å². The molecule has 1 aliphatic carbocycles. The minimum Gasteiger partial charge on any atom is -0.478 e. The molecule has 0 aliphatic heterocycles. The number of urea groups is 1. The van der Waals surface area contributed by atoms with Crippen molar-refractivity contribution in [3.05, 3.63) is 27.3 Å². The van der Waals surface area contributed by atoms with Crippen LogP contribution in [0.3, 0.4) is 0 Å². The smallest absolute Gasteiger partial charge is 0.337 e. The van der Waals surface area contributed by atoms with E-state index in [0.717, 1.165) is 3.57 Å². The zero-order chi connectivity index (χ0) is 15.6. The second-order valence-electron chi connectivity index (χ2n) is 5.30. The maximum absolute atomic E-state index is 12.1. The van der Waals surface area contributed by atoms with Gasteiger partial charge in [0.15, 0.2) is 0 Å². The average molecular weight is 404 g/mol. The number of carbonyl (C=O) groups is 2. The topological polar surface area (TPSA) is 89.9 Å². The van der Waals surface area contributed by atoms with Gasteiger partial charge in [0.05, 0.1) is 17.4 Å². The highest BCUT2D eigenvalue weighted by Gasteiger charge is 2.29. The average Bonchev–Trinajstić information content (AvgIpc) is 2.38. The third-order valence-electron chi connectivity index (χ3n) is 3.54. The first-order chi connectivity index (χ1) is 9.86. The lowest BCUT2D eigenvalue weighted by Crippen LogP contribution is -2.41. The molecule has 1 saturated carbocycles. The summed E-state index contributed by atoms with van der Waals surface area (Å²) in [6.07, 6.45) is 1.17. The first kappa shape index (κ1) is 16.0. The summed E-state index contributed by atoms with van der Waals surface area (Å²) in [7, 11) is 1.66. The van der Waals surface area contributed by atoms with Crippen molar-refractivity contribution in [3.63, 3.8) is 0 Å². The molecule has 1 aromatic carbocycles. The largest absolute Gasteiger partial charge is 0.478 e. The van der Waals surface area contributed by atoms with Crippen LogP contribution >= 0.6 is 22.6 Å². The number of carboxylic acid groups (broad SMARTS) is 1. The summed E-state index contributed by atoms with van der Waals surface area (Å²) in [6, 6.07) is 4.50. The maximum Gasteiger partial charge on any atom is 0.337 e. The van der Waals surface area contributed by atoms with Crippen LogP contribution in [0.25, 0.3) is 0 Å². The summed E-state index contributed by atoms with van der Waals surface area (Å²) in [5, 5.41) is 21.0. The molecule has 0 heterocycles. The van der Waals surface area contributed by atoms with E-state index in [1.807, 2.05) is 22.6 Å². The summed E-state index contributed by atoms with van der Waals surface area (Å²) >= 11 is 2.02. The SMILES string of the molecule is CN(CC1CC(O)C1)C(=O)Nc1ccc(I)cc1C(=O)O. The molecule has 0 spiro atoms. The van der Waals surface area contributed by atoms with E-state index in [-0.39, 0.29) is 23.4 Å². The Morgan fingerprint density at radius 2 is 2.10 bits per heavy atom. The van der Waals surface area contributed by atoms with Gasteiger partial charge in [0.1, 0.15) is 0 Å². The monoisotopic (exact) mass is 404 g/mol. The first-order valence-corrected chi connectivity index (χ1v) is 7.67. The van der Waals surface area contributed by atoms with Gasteiger partial charge >= 0.3 is 12.0 Å². The quantitative estimate of drug-likeness (QED) is 0.672. The van der Waals surface area contributed by atoms with E-state index in [0.29, 0.717) is 25.3 Å². The Hall–Kier alpha value is -1.35. The summed E-state index contributed by atoms with van der Waals surface area (Å²) in [6.45, 7) is 0.551. The van der Waals surface area contributed by atoms with Crippen LogP contribution in [0, 0.1) is 9.49 Å². The molecule has 0 atom stereocenters. The van der Waals surface area contributed by atoms with Crippen molar-refractivity contribution in [2.45, 2.75) is 18.9 Å². The second-order valence-corrected chi connectivity index (χ2v) is 6.54. The van der Waals surface area contributed by atoms with Gasteiger partial charge in [-0.1, -0.05) is 0 Å². The molecule has 2 amide bonds. The lowest BCUT2D eigenvalue weighted by Gasteiger charge is -2.34. The molecule has 0 bridgehead atoms. The highest BCUT2D eigenvalue weighted by atomic mass is 127. The molecule has 0 aromatic heterocycles. The van der Waals surface area contributed by atoms with Gasteiger partial charge < -0.3 is 20.4 Å². The second kappa shape index (κ2) is 6.61. The van der Waals surface area contributed by atoms with E-state index in [4.69, 9.17) is 5.11 Å². The molecule has 2 rings (SSSR count). The van der Waals surface area contributed by atoms with E-state index in [1.54, 1.807) is 19.2 Å². The number of rotatable bonds is 4. The number of halogens is 1. The van der Waals surface area contributed by atoms with Crippen LogP contribution in [0.15, 0.2) is 18.2 Å². The standard InChI is InChI=1S/C14H17IN2O4/c1-17(7-8-4-10(18)5-8)14(21)16-12-3-2-9(15)6-11(12)13(19)20/h2-3,6,8,10,18H,4-5,7H2,1H3,(H,16,21)(H,19,20). The molecule has 7 heteroatoms. The fraction of sp³-hybridized carbons (Fsp3) is 0.429. The van der Waals surface area contributed by atoms with Crippen molar-refractivity contribution in [3.8, 4) is 0 Å². The predicted molar refractivity (Wildman–Crippen MR) is 86.5 cm³/mol. The van der Waals surface area contributed by atoms with Gasteiger partial charge in [0, 0.05) is 17.2 Å². The first-order valence-electron chi connectivity index (χ1n) is 6.60. The predicted octanol–water partition coefficient (Wildman–Crippen LogP) is 2.22. The fourth-order valence-corrected chi connectivity index (χ4v) is 2.82. The number of hydrogen-bond donors (Lipinski definition) is 3. The Bertz CT molecular complexity index is 558. The van der Waals surface area contributed by atoms with E-state index in [1.165, 1.54) is 11.0 Å². The third kappa shape index (κ3) is 4.07. The van der Waals surface area contributed by atoms with Crippen LogP contribution in [0.4, 0.5) is 10.5 Å². The molecule has 0 radical (unpaired) electrons. The molecule has 0 unspecified atom stereocenters. The Kier molecular flexibility index (Phi) is 5.04. The summed E-state index contributed by atoms with van der Waals surface area (Å²) in [5.74, 6) is -0.764. The lowest BCUT2D eigenvalue weighted by molar-refractivity contribution is 0.0332. The summed E-state index contributed by atoms with van der Waals surface area (Å²) in [5.41, 5.74) is 0.358. The minimum absolute atomic E-state index is 0.0720. The van der Waals surface area contributed by atoms with Crippen molar-refractivity contribution in [2.75, 3.05) is 18.9 Å². The van der Waals surface area contributed by atoms with Gasteiger partial charge in [-0.3, -0.25) is 0 Å². The fourth-order valence-electron chi connectivity index (χ4n) is 2.33. The van der Waals surface area contributed by atoms with Gasteiger partial charge in [-0.05, 0) is 59.5 Å². The number of carbonyl (C=O) groups excluding carboxylic acids is 1. The Labute approximate surface area is 136 Å². The summed E-state index contributed by atoms with van der Waals surface area (Å²) in [4.78, 5) is 24.8. The van der Waals surface area contributed by atoms with E-state index in [2.05, 4.69) is 5.32 Å². The van der Waals surface area contributed by atoms with Crippen molar-refractivity contribution in [1.29, 1.82) is 0 Å². The molecule has 0 saturated heterocycles. The lowest BCUT2D eigenvalue weighted by atomic mass is 9.82. The van der Waals surface area contributed by atoms with Crippen LogP contribution in [0.5, 0.6) is 0 Å². The molecule has 21 heavy (non-hydrogen) atoms. The number of aliphatic hydroxyl groups excluding tert-OH is 1. The van der Waals surface area contributed by atoms with Crippen LogP contribution in [0.1, 0.15) is 23.2 Å². The van der Waals surface area contributed by atoms with Gasteiger partial charge in [0.2, 0.25) is 0 Å². The van der Waals surface area contributed by atoms with Crippen molar-refractivity contribution < 1.29 is 19.8 Å². The number of carboxylic acids is 1.